The fourth-order valence-corrected chi connectivity index (χ4v) is 4.67. The zero-order valence-corrected chi connectivity index (χ0v) is 24.4. The maximum Gasteiger partial charge on any atom is 0.337 e. The minimum absolute atomic E-state index is 0.0664. The van der Waals surface area contributed by atoms with Crippen molar-refractivity contribution in [3.05, 3.63) is 71.1 Å². The summed E-state index contributed by atoms with van der Waals surface area (Å²) in [5.74, 6) is -0.211. The number of hydrogen-bond donors (Lipinski definition) is 4. The van der Waals surface area contributed by atoms with E-state index in [1.165, 1.54) is 7.11 Å². The Morgan fingerprint density at radius 3 is 2.67 bits per heavy atom. The molecule has 4 rings (SSSR count). The first-order chi connectivity index (χ1) is 20.7. The molecule has 0 unspecified atom stereocenters. The van der Waals surface area contributed by atoms with Crippen molar-refractivity contribution < 1.29 is 38.4 Å². The van der Waals surface area contributed by atoms with Gasteiger partial charge in [-0.25, -0.2) is 9.59 Å². The summed E-state index contributed by atoms with van der Waals surface area (Å²) in [6.07, 6.45) is 2.17. The predicted molar refractivity (Wildman–Crippen MR) is 158 cm³/mol. The molecule has 13 heteroatoms. The number of methoxy groups -OCH3 is 1. The van der Waals surface area contributed by atoms with E-state index in [4.69, 9.17) is 18.9 Å². The van der Waals surface area contributed by atoms with E-state index in [1.54, 1.807) is 49.0 Å². The summed E-state index contributed by atoms with van der Waals surface area (Å²) < 4.78 is 23.3. The lowest BCUT2D eigenvalue weighted by Gasteiger charge is -2.28. The van der Waals surface area contributed by atoms with E-state index < -0.39 is 24.3 Å². The van der Waals surface area contributed by atoms with Crippen LogP contribution in [0.15, 0.2) is 65.0 Å². The van der Waals surface area contributed by atoms with Crippen LogP contribution in [0.2, 0.25) is 0 Å². The van der Waals surface area contributed by atoms with Crippen molar-refractivity contribution in [3.63, 3.8) is 0 Å². The highest BCUT2D eigenvalue weighted by Crippen LogP contribution is 2.35. The molecule has 0 aliphatic carbocycles. The first-order valence-electron chi connectivity index (χ1n) is 13.7. The van der Waals surface area contributed by atoms with E-state index in [2.05, 4.69) is 21.2 Å². The first kappa shape index (κ1) is 30.9. The smallest absolute Gasteiger partial charge is 0.337 e. The van der Waals surface area contributed by atoms with Gasteiger partial charge in [0.25, 0.3) is 0 Å². The molecule has 0 bridgehead atoms. The number of carbonyl (C=O) groups excluding carboxylic acids is 3. The lowest BCUT2D eigenvalue weighted by Crippen LogP contribution is -2.45. The van der Waals surface area contributed by atoms with Crippen molar-refractivity contribution in [3.8, 4) is 11.5 Å². The zero-order valence-electron chi connectivity index (χ0n) is 24.4. The number of nitrogens with one attached hydrogen (secondary N) is 3. The highest BCUT2D eigenvalue weighted by molar-refractivity contribution is 5.99. The minimum Gasteiger partial charge on any atom is -0.490 e. The number of nitrogens with zero attached hydrogens (tertiary/aromatic N) is 2. The van der Waals surface area contributed by atoms with Crippen molar-refractivity contribution in [1.82, 2.24) is 20.6 Å². The fraction of sp³-hybridized carbons (Fsp3) is 0.333. The molecule has 1 aliphatic rings. The molecule has 4 N–H and O–H groups in total. The quantitative estimate of drug-likeness (QED) is 0.101. The Morgan fingerprint density at radius 2 is 1.93 bits per heavy atom. The summed E-state index contributed by atoms with van der Waals surface area (Å²) in [5.41, 5.74) is 5.46. The number of esters is 2. The number of fused-ring (bicyclic) bond motifs is 1. The summed E-state index contributed by atoms with van der Waals surface area (Å²) in [7, 11) is 1.27. The number of amides is 2. The molecule has 1 aliphatic heterocycles. The zero-order chi connectivity index (χ0) is 30.9. The highest BCUT2D eigenvalue weighted by Gasteiger charge is 2.32. The van der Waals surface area contributed by atoms with Gasteiger partial charge in [0.15, 0.2) is 17.7 Å². The largest absolute Gasteiger partial charge is 0.490 e. The van der Waals surface area contributed by atoms with E-state index in [0.29, 0.717) is 36.0 Å². The second-order valence-corrected chi connectivity index (χ2v) is 9.45. The Morgan fingerprint density at radius 1 is 1.14 bits per heavy atom. The van der Waals surface area contributed by atoms with Crippen molar-refractivity contribution in [1.29, 1.82) is 0 Å². The van der Waals surface area contributed by atoms with Gasteiger partial charge in [0.05, 0.1) is 38.2 Å². The average molecular weight is 594 g/mol. The molecule has 0 radical (unpaired) electrons. The SMILES string of the molecule is CCOC(=O)Cn1cc(/C=N/N[C@@H](O)COc2ccc([C@@H]3NC(=O)NC(C)=C3C(=O)OC)cc2OCC)c2ccccc21. The number of urea groups is 1. The Hall–Kier alpha value is -5.04. The average Bonchev–Trinajstić information content (AvgIpc) is 3.32. The van der Waals surface area contributed by atoms with E-state index in [9.17, 15) is 19.5 Å². The third-order valence-corrected chi connectivity index (χ3v) is 6.52. The van der Waals surface area contributed by atoms with Gasteiger partial charge < -0.3 is 39.3 Å². The molecule has 0 fully saturated rings. The Kier molecular flexibility index (Phi) is 10.2. The highest BCUT2D eigenvalue weighted by atomic mass is 16.5. The number of allylic oxidation sites excluding steroid dienone is 1. The van der Waals surface area contributed by atoms with Gasteiger partial charge >= 0.3 is 18.0 Å². The molecule has 3 aromatic rings. The third-order valence-electron chi connectivity index (χ3n) is 6.52. The number of aliphatic hydroxyl groups excluding tert-OH is 1. The van der Waals surface area contributed by atoms with Crippen LogP contribution < -0.4 is 25.5 Å². The van der Waals surface area contributed by atoms with Crippen LogP contribution >= 0.6 is 0 Å². The lowest BCUT2D eigenvalue weighted by molar-refractivity contribution is -0.143. The summed E-state index contributed by atoms with van der Waals surface area (Å²) in [4.78, 5) is 36.6. The number of aromatic nitrogens is 1. The number of hydrogen-bond acceptors (Lipinski definition) is 10. The van der Waals surface area contributed by atoms with E-state index in [-0.39, 0.29) is 24.7 Å². The van der Waals surface area contributed by atoms with Gasteiger partial charge in [0.1, 0.15) is 13.2 Å². The maximum atomic E-state index is 12.4. The molecule has 2 amide bonds. The van der Waals surface area contributed by atoms with Crippen LogP contribution in [0, 0.1) is 0 Å². The van der Waals surface area contributed by atoms with Crippen molar-refractivity contribution in [2.24, 2.45) is 5.10 Å². The second-order valence-electron chi connectivity index (χ2n) is 9.45. The Balaban J connectivity index is 1.44. The monoisotopic (exact) mass is 593 g/mol. The van der Waals surface area contributed by atoms with Crippen LogP contribution in [0.4, 0.5) is 4.79 Å². The molecule has 43 heavy (non-hydrogen) atoms. The third kappa shape index (κ3) is 7.43. The maximum absolute atomic E-state index is 12.4. The predicted octanol–water partition coefficient (Wildman–Crippen LogP) is 2.72. The number of ether oxygens (including phenoxy) is 4. The summed E-state index contributed by atoms with van der Waals surface area (Å²) in [6.45, 7) is 5.71. The first-order valence-corrected chi connectivity index (χ1v) is 13.7. The van der Waals surface area contributed by atoms with Crippen molar-refractivity contribution in [2.45, 2.75) is 39.6 Å². The van der Waals surface area contributed by atoms with E-state index in [1.807, 2.05) is 31.2 Å². The van der Waals surface area contributed by atoms with Crippen LogP contribution in [0.25, 0.3) is 10.9 Å². The number of rotatable bonds is 13. The van der Waals surface area contributed by atoms with Crippen molar-refractivity contribution >= 4 is 35.1 Å². The summed E-state index contributed by atoms with van der Waals surface area (Å²) in [6, 6.07) is 11.3. The number of hydrazone groups is 1. The number of aliphatic hydroxyl groups is 1. The van der Waals surface area contributed by atoms with Gasteiger partial charge in [-0.15, -0.1) is 0 Å². The van der Waals surface area contributed by atoms with E-state index in [0.717, 1.165) is 16.5 Å². The second kappa shape index (κ2) is 14.2. The van der Waals surface area contributed by atoms with Gasteiger partial charge in [-0.05, 0) is 44.5 Å². The van der Waals surface area contributed by atoms with Crippen LogP contribution in [-0.2, 0) is 25.6 Å². The minimum atomic E-state index is -1.17. The normalized spacial score (nSPS) is 15.6. The molecule has 2 atom stereocenters. The van der Waals surface area contributed by atoms with Crippen LogP contribution in [0.1, 0.15) is 37.9 Å². The van der Waals surface area contributed by atoms with Gasteiger partial charge in [-0.1, -0.05) is 24.3 Å². The Bertz CT molecular complexity index is 1550. The molecule has 0 spiro atoms. The lowest BCUT2D eigenvalue weighted by atomic mass is 9.95. The topological polar surface area (TPSA) is 162 Å². The standard InChI is InChI=1S/C30H35N5O8/c1-5-41-24-13-19(28-27(29(38)40-4)18(3)32-30(39)33-28)11-12-23(24)43-17-25(36)34-31-14-20-15-35(16-26(37)42-6-2)22-10-8-7-9-21(20)22/h7-15,25,28,34,36H,5-6,16-17H2,1-4H3,(H2,32,33,39)/b31-14+/t25-,28-/m0/s1. The van der Waals surface area contributed by atoms with Crippen molar-refractivity contribution in [2.75, 3.05) is 26.9 Å². The number of benzene rings is 2. The van der Waals surface area contributed by atoms with Crippen LogP contribution in [0.3, 0.4) is 0 Å². The number of carbonyl (C=O) groups is 3. The van der Waals surface area contributed by atoms with Crippen LogP contribution in [0.5, 0.6) is 11.5 Å². The van der Waals surface area contributed by atoms with Gasteiger partial charge in [0, 0.05) is 28.4 Å². The summed E-state index contributed by atoms with van der Waals surface area (Å²) >= 11 is 0. The van der Waals surface area contributed by atoms with Gasteiger partial charge in [-0.3, -0.25) is 10.2 Å². The van der Waals surface area contributed by atoms with Crippen LogP contribution in [-0.4, -0.2) is 67.0 Å². The molecular weight excluding hydrogens is 558 g/mol. The number of para-hydroxylation sites is 1. The molecule has 0 saturated heterocycles. The molecule has 228 valence electrons. The van der Waals surface area contributed by atoms with E-state index >= 15 is 0 Å². The van der Waals surface area contributed by atoms with Gasteiger partial charge in [-0.2, -0.15) is 5.10 Å². The summed E-state index contributed by atoms with van der Waals surface area (Å²) in [5, 5.41) is 20.8. The molecule has 13 nitrogen and oxygen atoms in total. The fourth-order valence-electron chi connectivity index (χ4n) is 4.67. The Labute approximate surface area is 248 Å². The molecular formula is C30H35N5O8. The van der Waals surface area contributed by atoms with Gasteiger partial charge in [0.2, 0.25) is 0 Å². The molecule has 2 heterocycles. The molecule has 0 saturated carbocycles. The molecule has 1 aromatic heterocycles. The molecule has 2 aromatic carbocycles.